The summed E-state index contributed by atoms with van der Waals surface area (Å²) < 4.78 is 4.62. The van der Waals surface area contributed by atoms with Gasteiger partial charge in [-0.15, -0.1) is 0 Å². The number of anilines is 1. The van der Waals surface area contributed by atoms with E-state index in [1.807, 2.05) is 0 Å². The van der Waals surface area contributed by atoms with Gasteiger partial charge in [0.2, 0.25) is 0 Å². The molecule has 1 aromatic rings. The molecule has 86 valence electrons. The number of hydrogen-bond acceptors (Lipinski definition) is 4. The Morgan fingerprint density at radius 2 is 2.25 bits per heavy atom. The number of aliphatic hydroxyl groups is 2. The number of para-hydroxylation sites is 1. The van der Waals surface area contributed by atoms with Gasteiger partial charge in [0.25, 0.3) is 0 Å². The summed E-state index contributed by atoms with van der Waals surface area (Å²) in [4.78, 5) is 12.8. The third-order valence-corrected chi connectivity index (χ3v) is 2.77. The lowest BCUT2D eigenvalue weighted by Crippen LogP contribution is -2.39. The lowest BCUT2D eigenvalue weighted by atomic mass is 9.97. The smallest absolute Gasteiger partial charge is 0.414 e. The molecule has 2 N–H and O–H groups in total. The summed E-state index contributed by atoms with van der Waals surface area (Å²) >= 11 is 0. The van der Waals surface area contributed by atoms with Gasteiger partial charge in [-0.1, -0.05) is 18.2 Å². The second-order valence-electron chi connectivity index (χ2n) is 3.76. The van der Waals surface area contributed by atoms with E-state index in [9.17, 15) is 15.0 Å². The summed E-state index contributed by atoms with van der Waals surface area (Å²) in [6, 6.07) is 6.91. The van der Waals surface area contributed by atoms with E-state index in [2.05, 4.69) is 4.74 Å². The molecule has 5 heteroatoms. The molecule has 0 bridgehead atoms. The predicted molar refractivity (Wildman–Crippen MR) is 57.2 cm³/mol. The minimum Gasteiger partial charge on any atom is -0.452 e. The van der Waals surface area contributed by atoms with Crippen molar-refractivity contribution in [3.63, 3.8) is 0 Å². The molecule has 0 aromatic heterocycles. The zero-order valence-corrected chi connectivity index (χ0v) is 8.88. The first kappa shape index (κ1) is 10.9. The fourth-order valence-electron chi connectivity index (χ4n) is 1.94. The van der Waals surface area contributed by atoms with Crippen LogP contribution in [0.3, 0.4) is 0 Å². The Bertz CT molecular complexity index is 420. The van der Waals surface area contributed by atoms with E-state index in [4.69, 9.17) is 0 Å². The SMILES string of the molecule is COC(=O)N1CC(O)(CO)c2ccccc21. The average Bonchev–Trinajstić information content (AvgIpc) is 2.64. The van der Waals surface area contributed by atoms with Gasteiger partial charge in [0.15, 0.2) is 0 Å². The third kappa shape index (κ3) is 1.45. The molecule has 1 heterocycles. The normalized spacial score (nSPS) is 23.1. The van der Waals surface area contributed by atoms with Crippen LogP contribution in [-0.4, -0.2) is 36.6 Å². The van der Waals surface area contributed by atoms with Gasteiger partial charge in [-0.05, 0) is 6.07 Å². The number of carbonyl (C=O) groups excluding carboxylic acids is 1. The molecule has 1 atom stereocenters. The van der Waals surface area contributed by atoms with E-state index in [1.54, 1.807) is 24.3 Å². The maximum Gasteiger partial charge on any atom is 0.414 e. The predicted octanol–water partition coefficient (Wildman–Crippen LogP) is 0.453. The number of fused-ring (bicyclic) bond motifs is 1. The second kappa shape index (κ2) is 3.77. The molecule has 16 heavy (non-hydrogen) atoms. The quantitative estimate of drug-likeness (QED) is 0.725. The van der Waals surface area contributed by atoms with Crippen molar-refractivity contribution in [1.29, 1.82) is 0 Å². The van der Waals surface area contributed by atoms with Crippen LogP contribution in [0.2, 0.25) is 0 Å². The molecule has 0 saturated heterocycles. The third-order valence-electron chi connectivity index (χ3n) is 2.77. The Labute approximate surface area is 92.9 Å². The number of ether oxygens (including phenoxy) is 1. The monoisotopic (exact) mass is 223 g/mol. The maximum absolute atomic E-state index is 11.5. The van der Waals surface area contributed by atoms with Crippen molar-refractivity contribution in [2.45, 2.75) is 5.60 Å². The summed E-state index contributed by atoms with van der Waals surface area (Å²) in [5, 5.41) is 19.4. The van der Waals surface area contributed by atoms with Gasteiger partial charge < -0.3 is 14.9 Å². The molecule has 1 aliphatic rings. The van der Waals surface area contributed by atoms with Crippen LogP contribution >= 0.6 is 0 Å². The summed E-state index contributed by atoms with van der Waals surface area (Å²) in [7, 11) is 1.28. The first-order chi connectivity index (χ1) is 7.62. The molecule has 1 amide bonds. The fraction of sp³-hybridized carbons (Fsp3) is 0.364. The lowest BCUT2D eigenvalue weighted by molar-refractivity contribution is -0.00469. The summed E-state index contributed by atoms with van der Waals surface area (Å²) in [6.45, 7) is -0.424. The first-order valence-electron chi connectivity index (χ1n) is 4.90. The number of rotatable bonds is 1. The lowest BCUT2D eigenvalue weighted by Gasteiger charge is -2.20. The van der Waals surface area contributed by atoms with Crippen molar-refractivity contribution in [3.05, 3.63) is 29.8 Å². The Balaban J connectivity index is 2.47. The van der Waals surface area contributed by atoms with E-state index in [0.29, 0.717) is 11.3 Å². The molecule has 1 aliphatic heterocycles. The molecule has 0 spiro atoms. The molecule has 0 aliphatic carbocycles. The highest BCUT2D eigenvalue weighted by atomic mass is 16.5. The highest BCUT2D eigenvalue weighted by Crippen LogP contribution is 2.38. The van der Waals surface area contributed by atoms with E-state index in [1.165, 1.54) is 12.0 Å². The van der Waals surface area contributed by atoms with Gasteiger partial charge in [0.1, 0.15) is 5.60 Å². The number of methoxy groups -OCH3 is 1. The van der Waals surface area contributed by atoms with Crippen LogP contribution in [0.1, 0.15) is 5.56 Å². The number of β-amino-alcohol motifs (C(OH)–C–C–N with tert-alkyl or cyclic N) is 1. The number of carbonyl (C=O) groups is 1. The minimum atomic E-state index is -1.40. The topological polar surface area (TPSA) is 70.0 Å². The molecule has 1 unspecified atom stereocenters. The summed E-state index contributed by atoms with van der Waals surface area (Å²) in [6.07, 6.45) is -0.545. The van der Waals surface area contributed by atoms with Gasteiger partial charge >= 0.3 is 6.09 Å². The van der Waals surface area contributed by atoms with Crippen molar-refractivity contribution in [1.82, 2.24) is 0 Å². The van der Waals surface area contributed by atoms with Crippen LogP contribution < -0.4 is 4.90 Å². The van der Waals surface area contributed by atoms with Gasteiger partial charge in [-0.25, -0.2) is 4.79 Å². The van der Waals surface area contributed by atoms with Crippen LogP contribution in [0.15, 0.2) is 24.3 Å². The van der Waals surface area contributed by atoms with Crippen molar-refractivity contribution in [3.8, 4) is 0 Å². The van der Waals surface area contributed by atoms with Crippen LogP contribution in [0.5, 0.6) is 0 Å². The Hall–Kier alpha value is -1.59. The van der Waals surface area contributed by atoms with Crippen molar-refractivity contribution in [2.24, 2.45) is 0 Å². The van der Waals surface area contributed by atoms with Crippen LogP contribution in [0.4, 0.5) is 10.5 Å². The summed E-state index contributed by atoms with van der Waals surface area (Å²) in [5.74, 6) is 0. The number of nitrogens with zero attached hydrogens (tertiary/aromatic N) is 1. The van der Waals surface area contributed by atoms with Gasteiger partial charge in [-0.3, -0.25) is 4.90 Å². The van der Waals surface area contributed by atoms with Crippen LogP contribution in [-0.2, 0) is 10.3 Å². The number of aliphatic hydroxyl groups excluding tert-OH is 1. The standard InChI is InChI=1S/C11H13NO4/c1-16-10(14)12-6-11(15,7-13)8-4-2-3-5-9(8)12/h2-5,13,15H,6-7H2,1H3. The molecule has 2 rings (SSSR count). The van der Waals surface area contributed by atoms with E-state index in [-0.39, 0.29) is 6.54 Å². The highest BCUT2D eigenvalue weighted by Gasteiger charge is 2.43. The molecule has 0 saturated carbocycles. The molecule has 5 nitrogen and oxygen atoms in total. The Morgan fingerprint density at radius 1 is 1.56 bits per heavy atom. The second-order valence-corrected chi connectivity index (χ2v) is 3.76. The van der Waals surface area contributed by atoms with Gasteiger partial charge in [0.05, 0.1) is 25.9 Å². The zero-order chi connectivity index (χ0) is 11.8. The molecular weight excluding hydrogens is 210 g/mol. The van der Waals surface area contributed by atoms with E-state index < -0.39 is 18.3 Å². The van der Waals surface area contributed by atoms with Gasteiger partial charge in [0, 0.05) is 5.56 Å². The number of hydrogen-bond donors (Lipinski definition) is 2. The molecule has 0 fully saturated rings. The van der Waals surface area contributed by atoms with Crippen LogP contribution in [0, 0.1) is 0 Å². The number of benzene rings is 1. The Morgan fingerprint density at radius 3 is 2.88 bits per heavy atom. The average molecular weight is 223 g/mol. The zero-order valence-electron chi connectivity index (χ0n) is 8.88. The molecule has 0 radical (unpaired) electrons. The van der Waals surface area contributed by atoms with Crippen molar-refractivity contribution < 1.29 is 19.7 Å². The number of amides is 1. The minimum absolute atomic E-state index is 0.00944. The summed E-state index contributed by atoms with van der Waals surface area (Å²) in [5.41, 5.74) is -0.279. The van der Waals surface area contributed by atoms with Gasteiger partial charge in [-0.2, -0.15) is 0 Å². The van der Waals surface area contributed by atoms with Crippen molar-refractivity contribution in [2.75, 3.05) is 25.2 Å². The largest absolute Gasteiger partial charge is 0.452 e. The molecular formula is C11H13NO4. The fourth-order valence-corrected chi connectivity index (χ4v) is 1.94. The van der Waals surface area contributed by atoms with E-state index >= 15 is 0 Å². The van der Waals surface area contributed by atoms with Crippen molar-refractivity contribution >= 4 is 11.8 Å². The van der Waals surface area contributed by atoms with Crippen LogP contribution in [0.25, 0.3) is 0 Å². The Kier molecular flexibility index (Phi) is 2.57. The highest BCUT2D eigenvalue weighted by molar-refractivity contribution is 5.91. The van der Waals surface area contributed by atoms with E-state index in [0.717, 1.165) is 0 Å². The molecule has 1 aromatic carbocycles. The maximum atomic E-state index is 11.5. The first-order valence-corrected chi connectivity index (χ1v) is 4.90.